The summed E-state index contributed by atoms with van der Waals surface area (Å²) in [6, 6.07) is 7.87. The second-order valence-corrected chi connectivity index (χ2v) is 6.11. The Morgan fingerprint density at radius 3 is 3.09 bits per heavy atom. The molecule has 1 atom stereocenters. The van der Waals surface area contributed by atoms with Crippen molar-refractivity contribution in [3.8, 4) is 0 Å². The third kappa shape index (κ3) is 2.86. The van der Waals surface area contributed by atoms with Crippen LogP contribution < -0.4 is 5.32 Å². The van der Waals surface area contributed by atoms with E-state index in [-0.39, 0.29) is 0 Å². The number of aryl methyl sites for hydroxylation is 2. The van der Waals surface area contributed by atoms with Crippen molar-refractivity contribution >= 4 is 11.1 Å². The summed E-state index contributed by atoms with van der Waals surface area (Å²) in [5.41, 5.74) is 1.77. The summed E-state index contributed by atoms with van der Waals surface area (Å²) in [4.78, 5) is 4.50. The standard InChI is InChI=1S/C17H21N5O/c1-2-15-20-21-16-8-7-12(11-22(15)16)9-18-10-17-19-13-5-3-4-6-14(13)23-17/h3-6,12,18H,2,7-11H2,1H3/t12-/m0/s1. The molecule has 6 heteroatoms. The molecule has 1 aliphatic heterocycles. The lowest BCUT2D eigenvalue weighted by Gasteiger charge is -2.24. The number of hydrogen-bond donors (Lipinski definition) is 1. The van der Waals surface area contributed by atoms with Crippen molar-refractivity contribution in [3.05, 3.63) is 41.8 Å². The summed E-state index contributed by atoms with van der Waals surface area (Å²) in [6.07, 6.45) is 3.11. The molecule has 0 unspecified atom stereocenters. The van der Waals surface area contributed by atoms with Crippen LogP contribution in [0, 0.1) is 5.92 Å². The van der Waals surface area contributed by atoms with Gasteiger partial charge in [-0.15, -0.1) is 10.2 Å². The minimum atomic E-state index is 0.605. The molecule has 0 amide bonds. The van der Waals surface area contributed by atoms with Gasteiger partial charge in [0.05, 0.1) is 6.54 Å². The van der Waals surface area contributed by atoms with Crippen LogP contribution in [0.4, 0.5) is 0 Å². The summed E-state index contributed by atoms with van der Waals surface area (Å²) < 4.78 is 8.03. The number of benzene rings is 1. The Bertz CT molecular complexity index is 760. The monoisotopic (exact) mass is 311 g/mol. The van der Waals surface area contributed by atoms with E-state index in [1.807, 2.05) is 24.3 Å². The van der Waals surface area contributed by atoms with Crippen LogP contribution >= 0.6 is 0 Å². The summed E-state index contributed by atoms with van der Waals surface area (Å²) in [7, 11) is 0. The maximum Gasteiger partial charge on any atom is 0.209 e. The van der Waals surface area contributed by atoms with Crippen molar-refractivity contribution in [1.82, 2.24) is 25.1 Å². The fraction of sp³-hybridized carbons (Fsp3) is 0.471. The molecule has 0 saturated heterocycles. The van der Waals surface area contributed by atoms with Gasteiger partial charge in [0, 0.05) is 25.9 Å². The van der Waals surface area contributed by atoms with Crippen LogP contribution in [0.25, 0.3) is 11.1 Å². The Hall–Kier alpha value is -2.21. The Labute approximate surface area is 134 Å². The van der Waals surface area contributed by atoms with Crippen molar-refractivity contribution in [1.29, 1.82) is 0 Å². The molecule has 1 aliphatic rings. The van der Waals surface area contributed by atoms with Crippen LogP contribution in [-0.4, -0.2) is 26.3 Å². The molecule has 0 fully saturated rings. The quantitative estimate of drug-likeness (QED) is 0.783. The SMILES string of the molecule is CCc1nnc2n1C[C@H](CNCc1nc3ccccc3o1)CC2. The topological polar surface area (TPSA) is 68.8 Å². The van der Waals surface area contributed by atoms with E-state index in [2.05, 4.69) is 32.0 Å². The highest BCUT2D eigenvalue weighted by molar-refractivity contribution is 5.72. The Morgan fingerprint density at radius 2 is 2.22 bits per heavy atom. The van der Waals surface area contributed by atoms with E-state index in [1.54, 1.807) is 0 Å². The highest BCUT2D eigenvalue weighted by Crippen LogP contribution is 2.20. The molecule has 120 valence electrons. The minimum absolute atomic E-state index is 0.605. The minimum Gasteiger partial charge on any atom is -0.439 e. The summed E-state index contributed by atoms with van der Waals surface area (Å²) in [5, 5.41) is 12.0. The maximum atomic E-state index is 5.74. The molecule has 3 heterocycles. The van der Waals surface area contributed by atoms with Gasteiger partial charge >= 0.3 is 0 Å². The van der Waals surface area contributed by atoms with E-state index < -0.39 is 0 Å². The normalized spacial score (nSPS) is 17.5. The van der Waals surface area contributed by atoms with E-state index in [0.717, 1.165) is 61.0 Å². The number of nitrogens with zero attached hydrogens (tertiary/aromatic N) is 4. The van der Waals surface area contributed by atoms with Gasteiger partial charge in [-0.05, 0) is 24.5 Å². The molecule has 0 spiro atoms. The van der Waals surface area contributed by atoms with Crippen LogP contribution in [0.2, 0.25) is 0 Å². The number of para-hydroxylation sites is 2. The number of fused-ring (bicyclic) bond motifs is 2. The number of nitrogens with one attached hydrogen (secondary N) is 1. The van der Waals surface area contributed by atoms with Gasteiger partial charge in [-0.2, -0.15) is 0 Å². The van der Waals surface area contributed by atoms with E-state index in [0.29, 0.717) is 12.5 Å². The first-order valence-electron chi connectivity index (χ1n) is 8.29. The fourth-order valence-corrected chi connectivity index (χ4v) is 3.26. The van der Waals surface area contributed by atoms with Crippen molar-refractivity contribution in [2.45, 2.75) is 39.3 Å². The Kier molecular flexibility index (Phi) is 3.83. The second-order valence-electron chi connectivity index (χ2n) is 6.11. The van der Waals surface area contributed by atoms with E-state index in [9.17, 15) is 0 Å². The molecule has 1 N–H and O–H groups in total. The van der Waals surface area contributed by atoms with Crippen LogP contribution in [0.3, 0.4) is 0 Å². The van der Waals surface area contributed by atoms with Crippen molar-refractivity contribution < 1.29 is 4.42 Å². The number of hydrogen-bond acceptors (Lipinski definition) is 5. The second kappa shape index (κ2) is 6.12. The first-order valence-corrected chi connectivity index (χ1v) is 8.29. The fourth-order valence-electron chi connectivity index (χ4n) is 3.26. The van der Waals surface area contributed by atoms with Gasteiger partial charge in [0.25, 0.3) is 0 Å². The lowest BCUT2D eigenvalue weighted by Crippen LogP contribution is -2.30. The molecule has 2 aromatic heterocycles. The molecular formula is C17H21N5O. The van der Waals surface area contributed by atoms with E-state index >= 15 is 0 Å². The van der Waals surface area contributed by atoms with Crippen LogP contribution in [-0.2, 0) is 25.9 Å². The predicted molar refractivity (Wildman–Crippen MR) is 86.9 cm³/mol. The molecule has 0 bridgehead atoms. The maximum absolute atomic E-state index is 5.74. The zero-order valence-corrected chi connectivity index (χ0v) is 13.3. The van der Waals surface area contributed by atoms with Crippen molar-refractivity contribution in [2.75, 3.05) is 6.54 Å². The third-order valence-corrected chi connectivity index (χ3v) is 4.48. The van der Waals surface area contributed by atoms with Gasteiger partial charge in [-0.3, -0.25) is 0 Å². The van der Waals surface area contributed by atoms with Crippen LogP contribution in [0.5, 0.6) is 0 Å². The van der Waals surface area contributed by atoms with E-state index in [1.165, 1.54) is 0 Å². The van der Waals surface area contributed by atoms with Gasteiger partial charge < -0.3 is 14.3 Å². The van der Waals surface area contributed by atoms with Gasteiger partial charge in [0.1, 0.15) is 17.2 Å². The number of aromatic nitrogens is 4. The molecule has 0 radical (unpaired) electrons. The predicted octanol–water partition coefficient (Wildman–Crippen LogP) is 2.33. The zero-order valence-electron chi connectivity index (χ0n) is 13.3. The van der Waals surface area contributed by atoms with Crippen molar-refractivity contribution in [2.24, 2.45) is 5.92 Å². The molecule has 0 saturated carbocycles. The smallest absolute Gasteiger partial charge is 0.209 e. The third-order valence-electron chi connectivity index (χ3n) is 4.48. The van der Waals surface area contributed by atoms with Crippen LogP contribution in [0.15, 0.2) is 28.7 Å². The summed E-state index contributed by atoms with van der Waals surface area (Å²) in [6.45, 7) is 4.76. The Balaban J connectivity index is 1.35. The lowest BCUT2D eigenvalue weighted by atomic mass is 9.99. The molecule has 6 nitrogen and oxygen atoms in total. The lowest BCUT2D eigenvalue weighted by molar-refractivity contribution is 0.336. The zero-order chi connectivity index (χ0) is 15.6. The average molecular weight is 311 g/mol. The first-order chi connectivity index (χ1) is 11.3. The van der Waals surface area contributed by atoms with Gasteiger partial charge in [0.2, 0.25) is 5.89 Å². The highest BCUT2D eigenvalue weighted by atomic mass is 16.3. The molecule has 3 aromatic rings. The number of rotatable bonds is 5. The van der Waals surface area contributed by atoms with Crippen molar-refractivity contribution in [3.63, 3.8) is 0 Å². The first kappa shape index (κ1) is 14.4. The molecule has 0 aliphatic carbocycles. The van der Waals surface area contributed by atoms with Gasteiger partial charge in [-0.25, -0.2) is 4.98 Å². The molecular weight excluding hydrogens is 290 g/mol. The Morgan fingerprint density at radius 1 is 1.30 bits per heavy atom. The summed E-state index contributed by atoms with van der Waals surface area (Å²) >= 11 is 0. The largest absolute Gasteiger partial charge is 0.439 e. The molecule has 23 heavy (non-hydrogen) atoms. The average Bonchev–Trinajstić information content (AvgIpc) is 3.17. The molecule has 4 rings (SSSR count). The van der Waals surface area contributed by atoms with E-state index in [4.69, 9.17) is 4.42 Å². The number of oxazole rings is 1. The summed E-state index contributed by atoms with van der Waals surface area (Å²) in [5.74, 6) is 3.59. The van der Waals surface area contributed by atoms with Gasteiger partial charge in [0.15, 0.2) is 5.58 Å². The van der Waals surface area contributed by atoms with Crippen LogP contribution in [0.1, 0.15) is 30.9 Å². The van der Waals surface area contributed by atoms with Gasteiger partial charge in [-0.1, -0.05) is 19.1 Å². The molecule has 1 aromatic carbocycles. The highest BCUT2D eigenvalue weighted by Gasteiger charge is 2.22.